The van der Waals surface area contributed by atoms with Gasteiger partial charge in [0.15, 0.2) is 0 Å². The lowest BCUT2D eigenvalue weighted by Gasteiger charge is -2.09. The number of allylic oxidation sites excluding steroid dienone is 6. The molecule has 0 bridgehead atoms. The summed E-state index contributed by atoms with van der Waals surface area (Å²) in [5.41, 5.74) is 2.50. The van der Waals surface area contributed by atoms with Crippen LogP contribution in [0.2, 0.25) is 0 Å². The number of methoxy groups -OCH3 is 1. The van der Waals surface area contributed by atoms with Crippen LogP contribution in [0.5, 0.6) is 5.75 Å². The van der Waals surface area contributed by atoms with E-state index in [1.165, 1.54) is 0 Å². The Kier molecular flexibility index (Phi) is 4.38. The van der Waals surface area contributed by atoms with Crippen molar-refractivity contribution in [1.82, 2.24) is 0 Å². The van der Waals surface area contributed by atoms with Crippen molar-refractivity contribution in [2.24, 2.45) is 5.16 Å². The van der Waals surface area contributed by atoms with Crippen LogP contribution < -0.4 is 4.74 Å². The Morgan fingerprint density at radius 3 is 2.50 bits per heavy atom. The zero-order valence-corrected chi connectivity index (χ0v) is 12.3. The Hall–Kier alpha value is -2.32. The highest BCUT2D eigenvalue weighted by Gasteiger charge is 2.12. The van der Waals surface area contributed by atoms with Gasteiger partial charge in [-0.05, 0) is 63.5 Å². The Balaban J connectivity index is 2.47. The fraction of sp³-hybridized carbons (Fsp3) is 0.0667. The quantitative estimate of drug-likeness (QED) is 0.511. The monoisotopic (exact) mass is 330 g/mol. The zero-order valence-electron chi connectivity index (χ0n) is 10.7. The van der Waals surface area contributed by atoms with Gasteiger partial charge in [0.25, 0.3) is 0 Å². The standard InChI is InChI=1S/C15H11BrN2O2/c1-20-12-5-2-10(3-6-12)13(9-17)11-4-7-15(18-19)14(16)8-11/h2-8,19H,1H3/b13-11-,18-15-. The minimum Gasteiger partial charge on any atom is -0.497 e. The first-order valence-corrected chi connectivity index (χ1v) is 6.55. The summed E-state index contributed by atoms with van der Waals surface area (Å²) in [4.78, 5) is 0. The second-order valence-electron chi connectivity index (χ2n) is 3.98. The molecule has 1 aromatic carbocycles. The summed E-state index contributed by atoms with van der Waals surface area (Å²) in [6.07, 6.45) is 5.13. The molecule has 1 aromatic rings. The number of rotatable bonds is 2. The van der Waals surface area contributed by atoms with Crippen LogP contribution in [0, 0.1) is 11.3 Å². The van der Waals surface area contributed by atoms with Crippen molar-refractivity contribution in [3.05, 3.63) is 58.1 Å². The van der Waals surface area contributed by atoms with E-state index in [-0.39, 0.29) is 0 Å². The van der Waals surface area contributed by atoms with Gasteiger partial charge in [-0.25, -0.2) is 0 Å². The molecule has 0 radical (unpaired) electrons. The lowest BCUT2D eigenvalue weighted by molar-refractivity contribution is 0.320. The first-order valence-electron chi connectivity index (χ1n) is 5.76. The van der Waals surface area contributed by atoms with Gasteiger partial charge in [-0.3, -0.25) is 0 Å². The third-order valence-electron chi connectivity index (χ3n) is 2.83. The van der Waals surface area contributed by atoms with E-state index >= 15 is 0 Å². The summed E-state index contributed by atoms with van der Waals surface area (Å²) >= 11 is 3.30. The van der Waals surface area contributed by atoms with E-state index in [0.717, 1.165) is 16.9 Å². The first kappa shape index (κ1) is 14.1. The molecule has 20 heavy (non-hydrogen) atoms. The van der Waals surface area contributed by atoms with E-state index in [2.05, 4.69) is 27.2 Å². The van der Waals surface area contributed by atoms with Crippen LogP contribution >= 0.6 is 15.9 Å². The molecule has 0 atom stereocenters. The molecule has 100 valence electrons. The van der Waals surface area contributed by atoms with Crippen molar-refractivity contribution in [2.45, 2.75) is 0 Å². The largest absolute Gasteiger partial charge is 0.497 e. The fourth-order valence-electron chi connectivity index (χ4n) is 1.80. The van der Waals surface area contributed by atoms with Crippen molar-refractivity contribution >= 4 is 27.2 Å². The third-order valence-corrected chi connectivity index (χ3v) is 3.47. The second-order valence-corrected chi connectivity index (χ2v) is 4.84. The molecule has 0 amide bonds. The maximum atomic E-state index is 9.37. The maximum absolute atomic E-state index is 9.37. The highest BCUT2D eigenvalue weighted by molar-refractivity contribution is 9.12. The van der Waals surface area contributed by atoms with Gasteiger partial charge in [-0.15, -0.1) is 0 Å². The van der Waals surface area contributed by atoms with Crippen LogP contribution in [0.3, 0.4) is 0 Å². The van der Waals surface area contributed by atoms with Gasteiger partial charge in [0.1, 0.15) is 17.5 Å². The molecule has 0 saturated heterocycles. The van der Waals surface area contributed by atoms with Crippen LogP contribution in [0.4, 0.5) is 0 Å². The topological polar surface area (TPSA) is 65.6 Å². The van der Waals surface area contributed by atoms with Crippen LogP contribution in [-0.4, -0.2) is 18.0 Å². The Morgan fingerprint density at radius 1 is 1.30 bits per heavy atom. The van der Waals surface area contributed by atoms with Crippen molar-refractivity contribution in [3.63, 3.8) is 0 Å². The van der Waals surface area contributed by atoms with E-state index in [1.807, 2.05) is 12.1 Å². The molecule has 0 spiro atoms. The van der Waals surface area contributed by atoms with Crippen molar-refractivity contribution < 1.29 is 9.94 Å². The lowest BCUT2D eigenvalue weighted by atomic mass is 9.97. The van der Waals surface area contributed by atoms with Gasteiger partial charge in [0, 0.05) is 4.48 Å². The molecule has 1 aliphatic rings. The summed E-state index contributed by atoms with van der Waals surface area (Å²) in [6, 6.07) is 9.47. The number of oxime groups is 1. The molecule has 0 aromatic heterocycles. The van der Waals surface area contributed by atoms with Crippen LogP contribution in [-0.2, 0) is 0 Å². The minimum absolute atomic E-state index is 0.417. The van der Waals surface area contributed by atoms with Crippen molar-refractivity contribution in [3.8, 4) is 11.8 Å². The molecule has 2 rings (SSSR count). The summed E-state index contributed by atoms with van der Waals surface area (Å²) < 4.78 is 5.72. The summed E-state index contributed by atoms with van der Waals surface area (Å²) in [5, 5.41) is 21.3. The number of benzene rings is 1. The van der Waals surface area contributed by atoms with E-state index < -0.39 is 0 Å². The molecular formula is C15H11BrN2O2. The normalized spacial score (nSPS) is 18.4. The molecule has 0 heterocycles. The molecular weight excluding hydrogens is 320 g/mol. The van der Waals surface area contributed by atoms with Gasteiger partial charge in [-0.2, -0.15) is 5.26 Å². The van der Waals surface area contributed by atoms with E-state index in [9.17, 15) is 5.26 Å². The summed E-state index contributed by atoms with van der Waals surface area (Å²) in [6.45, 7) is 0. The number of halogens is 1. The molecule has 5 heteroatoms. The van der Waals surface area contributed by atoms with Gasteiger partial charge < -0.3 is 9.94 Å². The molecule has 4 nitrogen and oxygen atoms in total. The minimum atomic E-state index is 0.417. The predicted octanol–water partition coefficient (Wildman–Crippen LogP) is 3.65. The van der Waals surface area contributed by atoms with Gasteiger partial charge in [0.2, 0.25) is 0 Å². The highest BCUT2D eigenvalue weighted by Crippen LogP contribution is 2.27. The molecule has 1 aliphatic carbocycles. The molecule has 0 aliphatic heterocycles. The number of nitrogens with zero attached hydrogens (tertiary/aromatic N) is 2. The van der Waals surface area contributed by atoms with Crippen LogP contribution in [0.15, 0.2) is 57.7 Å². The highest BCUT2D eigenvalue weighted by atomic mass is 79.9. The maximum Gasteiger partial charge on any atom is 0.118 e. The Morgan fingerprint density at radius 2 is 2.00 bits per heavy atom. The van der Waals surface area contributed by atoms with Gasteiger partial charge in [0.05, 0.1) is 12.7 Å². The van der Waals surface area contributed by atoms with Gasteiger partial charge >= 0.3 is 0 Å². The molecule has 0 fully saturated rings. The van der Waals surface area contributed by atoms with Crippen LogP contribution in [0.25, 0.3) is 5.57 Å². The van der Waals surface area contributed by atoms with Gasteiger partial charge in [-0.1, -0.05) is 11.2 Å². The SMILES string of the molecule is COc1ccc(/C(C#N)=C2C=C/C(=N/O)C(Br)=C/2)cc1. The summed E-state index contributed by atoms with van der Waals surface area (Å²) in [5.74, 6) is 0.738. The number of nitriles is 1. The predicted molar refractivity (Wildman–Crippen MR) is 80.9 cm³/mol. The second kappa shape index (κ2) is 6.22. The lowest BCUT2D eigenvalue weighted by Crippen LogP contribution is -2.00. The molecule has 1 N–H and O–H groups in total. The molecule has 0 unspecified atom stereocenters. The Labute approximate surface area is 125 Å². The smallest absolute Gasteiger partial charge is 0.118 e. The van der Waals surface area contributed by atoms with E-state index in [4.69, 9.17) is 9.94 Å². The Bertz CT molecular complexity index is 677. The number of ether oxygens (including phenoxy) is 1. The fourth-order valence-corrected chi connectivity index (χ4v) is 2.26. The number of hydrogen-bond donors (Lipinski definition) is 1. The average molecular weight is 331 g/mol. The third kappa shape index (κ3) is 2.81. The van der Waals surface area contributed by atoms with Crippen molar-refractivity contribution in [2.75, 3.05) is 7.11 Å². The zero-order chi connectivity index (χ0) is 14.5. The van der Waals surface area contributed by atoms with Crippen LogP contribution in [0.1, 0.15) is 5.56 Å². The van der Waals surface area contributed by atoms with Crippen molar-refractivity contribution in [1.29, 1.82) is 5.26 Å². The van der Waals surface area contributed by atoms with E-state index in [1.54, 1.807) is 37.5 Å². The first-order chi connectivity index (χ1) is 9.69. The summed E-state index contributed by atoms with van der Waals surface area (Å²) in [7, 11) is 1.60. The number of hydrogen-bond acceptors (Lipinski definition) is 4. The molecule has 0 saturated carbocycles. The van der Waals surface area contributed by atoms with E-state index in [0.29, 0.717) is 15.8 Å². The average Bonchev–Trinajstić information content (AvgIpc) is 2.49.